The number of aliphatic hydroxyl groups is 1. The van der Waals surface area contributed by atoms with Crippen molar-refractivity contribution in [3.05, 3.63) is 29.8 Å². The molecule has 0 radical (unpaired) electrons. The molecule has 1 aromatic carbocycles. The molecule has 1 aliphatic rings. The van der Waals surface area contributed by atoms with E-state index in [9.17, 15) is 5.11 Å². The molecule has 100 valence electrons. The van der Waals surface area contributed by atoms with Crippen LogP contribution in [0.25, 0.3) is 0 Å². The molecule has 0 amide bonds. The highest BCUT2D eigenvalue weighted by Crippen LogP contribution is 2.26. The molecule has 0 saturated heterocycles. The monoisotopic (exact) mass is 248 g/mol. The molecule has 0 aromatic heterocycles. The Balaban J connectivity index is 2.03. The van der Waals surface area contributed by atoms with Gasteiger partial charge >= 0.3 is 0 Å². The minimum atomic E-state index is 0.209. The van der Waals surface area contributed by atoms with Crippen LogP contribution in [0.3, 0.4) is 0 Å². The SMILES string of the molecule is CNC(CO)CCN1CCCCc2ccccc21. The fourth-order valence-electron chi connectivity index (χ4n) is 2.64. The maximum Gasteiger partial charge on any atom is 0.0585 e. The fraction of sp³-hybridized carbons (Fsp3) is 0.600. The van der Waals surface area contributed by atoms with E-state index >= 15 is 0 Å². The fourth-order valence-corrected chi connectivity index (χ4v) is 2.64. The van der Waals surface area contributed by atoms with Crippen LogP contribution in [0.1, 0.15) is 24.8 Å². The van der Waals surface area contributed by atoms with E-state index in [0.717, 1.165) is 19.5 Å². The number of benzene rings is 1. The number of aryl methyl sites for hydroxylation is 1. The van der Waals surface area contributed by atoms with Gasteiger partial charge in [0.1, 0.15) is 0 Å². The predicted molar refractivity (Wildman–Crippen MR) is 76.1 cm³/mol. The molecule has 1 atom stereocenters. The molecule has 0 bridgehead atoms. The standard InChI is InChI=1S/C15H24N2O/c1-16-14(12-18)9-11-17-10-5-4-7-13-6-2-3-8-15(13)17/h2-3,6,8,14,16,18H,4-5,7,9-12H2,1H3. The van der Waals surface area contributed by atoms with Crippen LogP contribution in [0.4, 0.5) is 5.69 Å². The highest BCUT2D eigenvalue weighted by atomic mass is 16.3. The van der Waals surface area contributed by atoms with Gasteiger partial charge < -0.3 is 15.3 Å². The molecular formula is C15H24N2O. The molecule has 2 rings (SSSR count). The zero-order chi connectivity index (χ0) is 12.8. The van der Waals surface area contributed by atoms with E-state index in [1.165, 1.54) is 30.5 Å². The molecule has 3 nitrogen and oxygen atoms in total. The number of nitrogens with one attached hydrogen (secondary N) is 1. The van der Waals surface area contributed by atoms with E-state index < -0.39 is 0 Å². The lowest BCUT2D eigenvalue weighted by molar-refractivity contribution is 0.243. The summed E-state index contributed by atoms with van der Waals surface area (Å²) in [6.45, 7) is 2.37. The van der Waals surface area contributed by atoms with Crippen molar-refractivity contribution in [3.8, 4) is 0 Å². The zero-order valence-electron chi connectivity index (χ0n) is 11.2. The average molecular weight is 248 g/mol. The maximum atomic E-state index is 9.23. The molecule has 0 spiro atoms. The number of likely N-dealkylation sites (N-methyl/N-ethyl adjacent to an activating group) is 1. The van der Waals surface area contributed by atoms with Gasteiger partial charge in [0.25, 0.3) is 0 Å². The van der Waals surface area contributed by atoms with Gasteiger partial charge in [-0.1, -0.05) is 18.2 Å². The van der Waals surface area contributed by atoms with Gasteiger partial charge in [0.15, 0.2) is 0 Å². The molecule has 0 saturated carbocycles. The van der Waals surface area contributed by atoms with Crippen LogP contribution in [-0.2, 0) is 6.42 Å². The second kappa shape index (κ2) is 6.76. The topological polar surface area (TPSA) is 35.5 Å². The summed E-state index contributed by atoms with van der Waals surface area (Å²) in [4.78, 5) is 2.47. The van der Waals surface area contributed by atoms with Gasteiger partial charge in [-0.25, -0.2) is 0 Å². The van der Waals surface area contributed by atoms with E-state index in [0.29, 0.717) is 0 Å². The number of aliphatic hydroxyl groups excluding tert-OH is 1. The number of nitrogens with zero attached hydrogens (tertiary/aromatic N) is 1. The summed E-state index contributed by atoms with van der Waals surface area (Å²) in [6, 6.07) is 8.94. The van der Waals surface area contributed by atoms with Gasteiger partial charge in [-0.2, -0.15) is 0 Å². The number of hydrogen-bond donors (Lipinski definition) is 2. The van der Waals surface area contributed by atoms with Crippen molar-refractivity contribution in [1.82, 2.24) is 5.32 Å². The van der Waals surface area contributed by atoms with Crippen molar-refractivity contribution in [2.24, 2.45) is 0 Å². The van der Waals surface area contributed by atoms with Crippen molar-refractivity contribution < 1.29 is 5.11 Å². The van der Waals surface area contributed by atoms with E-state index in [1.54, 1.807) is 0 Å². The summed E-state index contributed by atoms with van der Waals surface area (Å²) in [6.07, 6.45) is 4.73. The summed E-state index contributed by atoms with van der Waals surface area (Å²) >= 11 is 0. The smallest absolute Gasteiger partial charge is 0.0585 e. The average Bonchev–Trinajstić information content (AvgIpc) is 2.62. The highest BCUT2D eigenvalue weighted by Gasteiger charge is 2.15. The van der Waals surface area contributed by atoms with Crippen LogP contribution < -0.4 is 10.2 Å². The first kappa shape index (κ1) is 13.4. The zero-order valence-corrected chi connectivity index (χ0v) is 11.2. The molecule has 2 N–H and O–H groups in total. The first-order valence-corrected chi connectivity index (χ1v) is 6.96. The summed E-state index contributed by atoms with van der Waals surface area (Å²) in [7, 11) is 1.91. The van der Waals surface area contributed by atoms with Gasteiger partial charge in [-0.3, -0.25) is 0 Å². The normalized spacial score (nSPS) is 17.1. The van der Waals surface area contributed by atoms with Crippen molar-refractivity contribution in [2.75, 3.05) is 31.6 Å². The minimum absolute atomic E-state index is 0.209. The van der Waals surface area contributed by atoms with E-state index in [2.05, 4.69) is 34.5 Å². The van der Waals surface area contributed by atoms with E-state index in [-0.39, 0.29) is 12.6 Å². The number of hydrogen-bond acceptors (Lipinski definition) is 3. The molecular weight excluding hydrogens is 224 g/mol. The Morgan fingerprint density at radius 3 is 2.94 bits per heavy atom. The van der Waals surface area contributed by atoms with Crippen LogP contribution >= 0.6 is 0 Å². The van der Waals surface area contributed by atoms with Gasteiger partial charge in [-0.15, -0.1) is 0 Å². The molecule has 3 heteroatoms. The lowest BCUT2D eigenvalue weighted by atomic mass is 10.1. The Labute approximate surface area is 110 Å². The molecule has 1 heterocycles. The van der Waals surface area contributed by atoms with Crippen LogP contribution in [0.15, 0.2) is 24.3 Å². The Morgan fingerprint density at radius 2 is 2.17 bits per heavy atom. The Hall–Kier alpha value is -1.06. The van der Waals surface area contributed by atoms with Gasteiger partial charge in [0, 0.05) is 24.8 Å². The Kier molecular flexibility index (Phi) is 5.02. The first-order valence-electron chi connectivity index (χ1n) is 6.96. The third-order valence-electron chi connectivity index (χ3n) is 3.83. The summed E-state index contributed by atoms with van der Waals surface area (Å²) in [5.41, 5.74) is 2.86. The Morgan fingerprint density at radius 1 is 1.33 bits per heavy atom. The third kappa shape index (κ3) is 3.24. The summed E-state index contributed by atoms with van der Waals surface area (Å²) in [5, 5.41) is 12.4. The minimum Gasteiger partial charge on any atom is -0.395 e. The second-order valence-corrected chi connectivity index (χ2v) is 5.03. The van der Waals surface area contributed by atoms with Crippen LogP contribution in [0.2, 0.25) is 0 Å². The molecule has 18 heavy (non-hydrogen) atoms. The number of anilines is 1. The Bertz CT molecular complexity index is 363. The van der Waals surface area contributed by atoms with Crippen molar-refractivity contribution >= 4 is 5.69 Å². The van der Waals surface area contributed by atoms with E-state index in [1.807, 2.05) is 7.05 Å². The highest BCUT2D eigenvalue weighted by molar-refractivity contribution is 5.54. The van der Waals surface area contributed by atoms with Gasteiger partial charge in [-0.05, 0) is 44.4 Å². The summed E-state index contributed by atoms with van der Waals surface area (Å²) in [5.74, 6) is 0. The van der Waals surface area contributed by atoms with Crippen molar-refractivity contribution in [2.45, 2.75) is 31.7 Å². The quantitative estimate of drug-likeness (QED) is 0.834. The van der Waals surface area contributed by atoms with E-state index in [4.69, 9.17) is 0 Å². The van der Waals surface area contributed by atoms with Gasteiger partial charge in [0.2, 0.25) is 0 Å². The molecule has 0 aliphatic carbocycles. The maximum absolute atomic E-state index is 9.23. The molecule has 1 aromatic rings. The number of fused-ring (bicyclic) bond motifs is 1. The first-order chi connectivity index (χ1) is 8.85. The number of rotatable bonds is 5. The van der Waals surface area contributed by atoms with Crippen molar-refractivity contribution in [1.29, 1.82) is 0 Å². The lowest BCUT2D eigenvalue weighted by Crippen LogP contribution is -2.35. The van der Waals surface area contributed by atoms with Crippen LogP contribution in [0, 0.1) is 0 Å². The van der Waals surface area contributed by atoms with Crippen molar-refractivity contribution in [3.63, 3.8) is 0 Å². The predicted octanol–water partition coefficient (Wildman–Crippen LogP) is 1.80. The molecule has 1 aliphatic heterocycles. The number of para-hydroxylation sites is 1. The largest absolute Gasteiger partial charge is 0.395 e. The van der Waals surface area contributed by atoms with Crippen LogP contribution in [-0.4, -0.2) is 37.9 Å². The van der Waals surface area contributed by atoms with Crippen LogP contribution in [0.5, 0.6) is 0 Å². The summed E-state index contributed by atoms with van der Waals surface area (Å²) < 4.78 is 0. The molecule has 1 unspecified atom stereocenters. The van der Waals surface area contributed by atoms with Gasteiger partial charge in [0.05, 0.1) is 6.61 Å². The molecule has 0 fully saturated rings. The second-order valence-electron chi connectivity index (χ2n) is 5.03. The third-order valence-corrected chi connectivity index (χ3v) is 3.83. The lowest BCUT2D eigenvalue weighted by Gasteiger charge is -2.26.